The molecular formula is C15H21ClN2O2. The van der Waals surface area contributed by atoms with E-state index in [4.69, 9.17) is 16.7 Å². The largest absolute Gasteiger partial charge is 0.396 e. The Kier molecular flexibility index (Phi) is 5.26. The van der Waals surface area contributed by atoms with Crippen molar-refractivity contribution >= 4 is 17.6 Å². The number of aliphatic hydroxyl groups excluding tert-OH is 1. The number of piperidine rings is 1. The van der Waals surface area contributed by atoms with Crippen LogP contribution in [0.15, 0.2) is 24.3 Å². The number of hydrogen-bond acceptors (Lipinski definition) is 2. The average molecular weight is 297 g/mol. The van der Waals surface area contributed by atoms with E-state index < -0.39 is 0 Å². The van der Waals surface area contributed by atoms with E-state index in [1.807, 2.05) is 36.1 Å². The molecule has 1 aliphatic rings. The van der Waals surface area contributed by atoms with Crippen molar-refractivity contribution in [2.24, 2.45) is 5.92 Å². The lowest BCUT2D eigenvalue weighted by Crippen LogP contribution is -2.45. The predicted molar refractivity (Wildman–Crippen MR) is 79.8 cm³/mol. The molecule has 5 heteroatoms. The molecule has 1 fully saturated rings. The van der Waals surface area contributed by atoms with Crippen LogP contribution in [0, 0.1) is 5.92 Å². The van der Waals surface area contributed by atoms with Crippen molar-refractivity contribution in [2.75, 3.05) is 19.7 Å². The third-order valence-electron chi connectivity index (χ3n) is 3.85. The molecule has 0 bridgehead atoms. The average Bonchev–Trinajstić information content (AvgIpc) is 2.47. The van der Waals surface area contributed by atoms with Gasteiger partial charge in [-0.15, -0.1) is 0 Å². The number of benzene rings is 1. The van der Waals surface area contributed by atoms with Gasteiger partial charge in [0.2, 0.25) is 0 Å². The first-order valence-corrected chi connectivity index (χ1v) is 7.39. The number of halogens is 1. The molecule has 0 aromatic heterocycles. The number of rotatable bonds is 3. The zero-order valence-corrected chi connectivity index (χ0v) is 12.4. The molecule has 0 aliphatic carbocycles. The Balaban J connectivity index is 1.88. The second kappa shape index (κ2) is 6.95. The number of hydrogen-bond donors (Lipinski definition) is 2. The van der Waals surface area contributed by atoms with Crippen molar-refractivity contribution < 1.29 is 9.90 Å². The van der Waals surface area contributed by atoms with Gasteiger partial charge < -0.3 is 15.3 Å². The third kappa shape index (κ3) is 3.87. The molecule has 1 heterocycles. The first kappa shape index (κ1) is 15.1. The van der Waals surface area contributed by atoms with Gasteiger partial charge in [0.1, 0.15) is 0 Å². The highest BCUT2D eigenvalue weighted by Crippen LogP contribution is 2.19. The molecule has 1 aromatic rings. The number of nitrogens with one attached hydrogen (secondary N) is 1. The van der Waals surface area contributed by atoms with E-state index >= 15 is 0 Å². The summed E-state index contributed by atoms with van der Waals surface area (Å²) in [4.78, 5) is 14.0. The molecule has 1 aliphatic heterocycles. The lowest BCUT2D eigenvalue weighted by molar-refractivity contribution is 0.136. The third-order valence-corrected chi connectivity index (χ3v) is 4.08. The summed E-state index contributed by atoms with van der Waals surface area (Å²) in [6.45, 7) is 3.58. The van der Waals surface area contributed by atoms with Gasteiger partial charge in [-0.1, -0.05) is 23.7 Å². The van der Waals surface area contributed by atoms with Gasteiger partial charge in [0.25, 0.3) is 0 Å². The second-order valence-corrected chi connectivity index (χ2v) is 5.78. The number of carbonyl (C=O) groups is 1. The zero-order valence-electron chi connectivity index (χ0n) is 11.7. The molecule has 1 aromatic carbocycles. The van der Waals surface area contributed by atoms with E-state index in [9.17, 15) is 4.79 Å². The van der Waals surface area contributed by atoms with E-state index in [-0.39, 0.29) is 18.7 Å². The first-order valence-electron chi connectivity index (χ1n) is 7.02. The van der Waals surface area contributed by atoms with Gasteiger partial charge in [0.05, 0.1) is 6.04 Å². The Labute approximate surface area is 124 Å². The van der Waals surface area contributed by atoms with Crippen LogP contribution in [0.4, 0.5) is 4.79 Å². The minimum atomic E-state index is -0.0724. The molecule has 20 heavy (non-hydrogen) atoms. The number of likely N-dealkylation sites (tertiary alicyclic amines) is 1. The van der Waals surface area contributed by atoms with Crippen LogP contribution in [-0.4, -0.2) is 35.7 Å². The summed E-state index contributed by atoms with van der Waals surface area (Å²) in [6.07, 6.45) is 1.74. The number of amides is 2. The molecule has 0 radical (unpaired) electrons. The molecule has 0 spiro atoms. The van der Waals surface area contributed by atoms with Crippen LogP contribution in [0.3, 0.4) is 0 Å². The molecule has 1 saturated heterocycles. The fourth-order valence-corrected chi connectivity index (χ4v) is 2.65. The summed E-state index contributed by atoms with van der Waals surface area (Å²) in [5.41, 5.74) is 0.996. The lowest BCUT2D eigenvalue weighted by Gasteiger charge is -2.32. The summed E-state index contributed by atoms with van der Waals surface area (Å²) in [6, 6.07) is 7.40. The lowest BCUT2D eigenvalue weighted by atomic mass is 9.98. The zero-order chi connectivity index (χ0) is 14.5. The van der Waals surface area contributed by atoms with Crippen LogP contribution < -0.4 is 5.32 Å². The monoisotopic (exact) mass is 296 g/mol. The predicted octanol–water partition coefficient (Wildman–Crippen LogP) is 2.81. The van der Waals surface area contributed by atoms with Crippen LogP contribution in [0.1, 0.15) is 31.4 Å². The van der Waals surface area contributed by atoms with Crippen LogP contribution in [-0.2, 0) is 0 Å². The molecule has 110 valence electrons. The molecule has 2 amide bonds. The minimum absolute atomic E-state index is 0.0473. The molecular weight excluding hydrogens is 276 g/mol. The van der Waals surface area contributed by atoms with Gasteiger partial charge in [-0.3, -0.25) is 0 Å². The van der Waals surface area contributed by atoms with E-state index in [0.717, 1.165) is 18.4 Å². The maximum atomic E-state index is 12.2. The molecule has 4 nitrogen and oxygen atoms in total. The van der Waals surface area contributed by atoms with E-state index in [0.29, 0.717) is 24.0 Å². The Morgan fingerprint density at radius 2 is 2.20 bits per heavy atom. The maximum absolute atomic E-state index is 12.2. The Hall–Kier alpha value is -1.26. The summed E-state index contributed by atoms with van der Waals surface area (Å²) in [5, 5.41) is 12.8. The molecule has 1 atom stereocenters. The minimum Gasteiger partial charge on any atom is -0.396 e. The fraction of sp³-hybridized carbons (Fsp3) is 0.533. The van der Waals surface area contributed by atoms with Gasteiger partial charge in [0.15, 0.2) is 0 Å². The smallest absolute Gasteiger partial charge is 0.317 e. The van der Waals surface area contributed by atoms with Crippen molar-refractivity contribution in [1.82, 2.24) is 10.2 Å². The molecule has 0 saturated carbocycles. The number of urea groups is 1. The van der Waals surface area contributed by atoms with Crippen molar-refractivity contribution in [2.45, 2.75) is 25.8 Å². The topological polar surface area (TPSA) is 52.6 Å². The first-order chi connectivity index (χ1) is 9.60. The number of nitrogens with zero attached hydrogens (tertiary/aromatic N) is 1. The van der Waals surface area contributed by atoms with E-state index in [1.165, 1.54) is 0 Å². The quantitative estimate of drug-likeness (QED) is 0.901. The normalized spacial score (nSPS) is 17.9. The maximum Gasteiger partial charge on any atom is 0.317 e. The standard InChI is InChI=1S/C15H21ClN2O2/c1-11(13-3-2-4-14(16)9-13)17-15(20)18-7-5-12(10-19)6-8-18/h2-4,9,11-12,19H,5-8,10H2,1H3,(H,17,20). The second-order valence-electron chi connectivity index (χ2n) is 5.34. The highest BCUT2D eigenvalue weighted by Gasteiger charge is 2.23. The Bertz CT molecular complexity index is 459. The van der Waals surface area contributed by atoms with Crippen LogP contribution >= 0.6 is 11.6 Å². The highest BCUT2D eigenvalue weighted by molar-refractivity contribution is 6.30. The highest BCUT2D eigenvalue weighted by atomic mass is 35.5. The molecule has 2 N–H and O–H groups in total. The van der Waals surface area contributed by atoms with Gasteiger partial charge in [-0.25, -0.2) is 4.79 Å². The van der Waals surface area contributed by atoms with Crippen LogP contribution in [0.5, 0.6) is 0 Å². The van der Waals surface area contributed by atoms with Crippen molar-refractivity contribution in [3.05, 3.63) is 34.9 Å². The Morgan fingerprint density at radius 1 is 1.50 bits per heavy atom. The summed E-state index contributed by atoms with van der Waals surface area (Å²) < 4.78 is 0. The number of carbonyl (C=O) groups excluding carboxylic acids is 1. The SMILES string of the molecule is CC(NC(=O)N1CCC(CO)CC1)c1cccc(Cl)c1. The van der Waals surface area contributed by atoms with Crippen LogP contribution in [0.25, 0.3) is 0 Å². The summed E-state index contributed by atoms with van der Waals surface area (Å²) >= 11 is 5.96. The van der Waals surface area contributed by atoms with Gasteiger partial charge in [-0.05, 0) is 43.4 Å². The molecule has 2 rings (SSSR count). The van der Waals surface area contributed by atoms with Gasteiger partial charge in [0, 0.05) is 24.7 Å². The molecule has 1 unspecified atom stereocenters. The fourth-order valence-electron chi connectivity index (χ4n) is 2.45. The van der Waals surface area contributed by atoms with Crippen LogP contribution in [0.2, 0.25) is 5.02 Å². The van der Waals surface area contributed by atoms with Gasteiger partial charge in [-0.2, -0.15) is 0 Å². The van der Waals surface area contributed by atoms with E-state index in [2.05, 4.69) is 5.32 Å². The summed E-state index contributed by atoms with van der Waals surface area (Å²) in [7, 11) is 0. The van der Waals surface area contributed by atoms with Crippen molar-refractivity contribution in [3.63, 3.8) is 0 Å². The van der Waals surface area contributed by atoms with E-state index in [1.54, 1.807) is 0 Å². The van der Waals surface area contributed by atoms with Crippen molar-refractivity contribution in [1.29, 1.82) is 0 Å². The summed E-state index contributed by atoms with van der Waals surface area (Å²) in [5.74, 6) is 0.337. The van der Waals surface area contributed by atoms with Gasteiger partial charge >= 0.3 is 6.03 Å². The van der Waals surface area contributed by atoms with Crippen molar-refractivity contribution in [3.8, 4) is 0 Å². The Morgan fingerprint density at radius 3 is 2.80 bits per heavy atom. The number of aliphatic hydroxyl groups is 1.